The van der Waals surface area contributed by atoms with E-state index in [0.717, 1.165) is 0 Å². The van der Waals surface area contributed by atoms with Gasteiger partial charge >= 0.3 is 0 Å². The summed E-state index contributed by atoms with van der Waals surface area (Å²) < 4.78 is 0. The normalized spacial score (nSPS) is 10.3. The van der Waals surface area contributed by atoms with E-state index in [4.69, 9.17) is 24.4 Å². The van der Waals surface area contributed by atoms with Crippen LogP contribution in [0.2, 0.25) is 0 Å². The molecule has 0 amide bonds. The molecule has 95 valence electrons. The van der Waals surface area contributed by atoms with Crippen LogP contribution in [0.15, 0.2) is 10.2 Å². The van der Waals surface area contributed by atoms with Crippen molar-refractivity contribution in [3.05, 3.63) is 0 Å². The molecule has 0 aliphatic heterocycles. The van der Waals surface area contributed by atoms with E-state index in [1.165, 1.54) is 6.21 Å². The van der Waals surface area contributed by atoms with Crippen LogP contribution >= 0.6 is 24.4 Å². The average Bonchev–Trinajstić information content (AvgIpc) is 2.25. The molecule has 6 nitrogen and oxygen atoms in total. The monoisotopic (exact) mass is 309 g/mol. The molecule has 4 N–H and O–H groups in total. The Morgan fingerprint density at radius 2 is 1.56 bits per heavy atom. The second kappa shape index (κ2) is 10.7. The van der Waals surface area contributed by atoms with Crippen molar-refractivity contribution in [2.45, 2.75) is 6.92 Å². The predicted octanol–water partition coefficient (Wildman–Crippen LogP) is -0.467. The van der Waals surface area contributed by atoms with E-state index in [1.54, 1.807) is 21.0 Å². The van der Waals surface area contributed by atoms with E-state index in [2.05, 4.69) is 31.7 Å². The van der Waals surface area contributed by atoms with Gasteiger partial charge in [0.1, 0.15) is 0 Å². The van der Waals surface area contributed by atoms with Crippen molar-refractivity contribution in [3.63, 3.8) is 0 Å². The third kappa shape index (κ3) is 9.78. The average molecular weight is 310 g/mol. The van der Waals surface area contributed by atoms with Crippen LogP contribution in [0.4, 0.5) is 0 Å². The fraction of sp³-hybridized carbons (Fsp3) is 0.429. The van der Waals surface area contributed by atoms with E-state index >= 15 is 0 Å². The Labute approximate surface area is 116 Å². The maximum Gasteiger partial charge on any atom is 0.186 e. The molecular weight excluding hydrogens is 296 g/mol. The SMILES string of the molecule is CNC(=S)N/N=C/C(C)=N/NC(=S)NC.[Cu]. The van der Waals surface area contributed by atoms with Gasteiger partial charge in [-0.25, -0.2) is 0 Å². The van der Waals surface area contributed by atoms with Gasteiger partial charge in [0.25, 0.3) is 0 Å². The zero-order valence-corrected chi connectivity index (χ0v) is 11.7. The van der Waals surface area contributed by atoms with Crippen molar-refractivity contribution in [1.29, 1.82) is 0 Å². The molecule has 1 radical (unpaired) electrons. The van der Waals surface area contributed by atoms with Crippen LogP contribution in [-0.2, 0) is 17.1 Å². The Balaban J connectivity index is 0. The zero-order valence-electron chi connectivity index (χ0n) is 9.09. The molecule has 0 aromatic heterocycles. The molecule has 0 rings (SSSR count). The van der Waals surface area contributed by atoms with Crippen molar-refractivity contribution in [2.24, 2.45) is 10.2 Å². The van der Waals surface area contributed by atoms with Crippen LogP contribution in [-0.4, -0.2) is 36.2 Å². The van der Waals surface area contributed by atoms with Gasteiger partial charge in [-0.05, 0) is 31.4 Å². The summed E-state index contributed by atoms with van der Waals surface area (Å²) >= 11 is 9.64. The van der Waals surface area contributed by atoms with Crippen LogP contribution in [0.5, 0.6) is 0 Å². The molecule has 0 bridgehead atoms. The summed E-state index contributed by atoms with van der Waals surface area (Å²) in [5.74, 6) is 0. The van der Waals surface area contributed by atoms with E-state index in [-0.39, 0.29) is 17.1 Å². The molecule has 0 aliphatic carbocycles. The number of hydrogen-bond donors (Lipinski definition) is 4. The Hall–Kier alpha value is -0.761. The summed E-state index contributed by atoms with van der Waals surface area (Å²) in [5, 5.41) is 14.1. The van der Waals surface area contributed by atoms with Crippen LogP contribution in [0.3, 0.4) is 0 Å². The van der Waals surface area contributed by atoms with Gasteiger partial charge in [0.15, 0.2) is 10.2 Å². The van der Waals surface area contributed by atoms with Gasteiger partial charge in [-0.3, -0.25) is 10.9 Å². The quantitative estimate of drug-likeness (QED) is 0.245. The third-order valence-corrected chi connectivity index (χ3v) is 1.80. The van der Waals surface area contributed by atoms with Crippen molar-refractivity contribution in [3.8, 4) is 0 Å². The smallest absolute Gasteiger partial charge is 0.186 e. The number of nitrogens with one attached hydrogen (secondary N) is 4. The maximum atomic E-state index is 4.83. The molecular formula is C7H14CuN6S2. The van der Waals surface area contributed by atoms with E-state index < -0.39 is 0 Å². The Morgan fingerprint density at radius 1 is 1.06 bits per heavy atom. The Morgan fingerprint density at radius 3 is 2.06 bits per heavy atom. The minimum absolute atomic E-state index is 0. The van der Waals surface area contributed by atoms with Crippen molar-refractivity contribution in [1.82, 2.24) is 21.5 Å². The van der Waals surface area contributed by atoms with Crippen LogP contribution in [0, 0.1) is 0 Å². The fourth-order valence-corrected chi connectivity index (χ4v) is 0.562. The van der Waals surface area contributed by atoms with Crippen LogP contribution < -0.4 is 21.5 Å². The second-order valence-corrected chi connectivity index (χ2v) is 3.21. The van der Waals surface area contributed by atoms with E-state index in [1.807, 2.05) is 0 Å². The van der Waals surface area contributed by atoms with Crippen molar-refractivity contribution < 1.29 is 17.1 Å². The molecule has 9 heteroatoms. The zero-order chi connectivity index (χ0) is 11.7. The first-order valence-electron chi connectivity index (χ1n) is 4.13. The first-order valence-corrected chi connectivity index (χ1v) is 4.94. The van der Waals surface area contributed by atoms with Gasteiger partial charge < -0.3 is 10.6 Å². The fourth-order valence-electron chi connectivity index (χ4n) is 0.464. The second-order valence-electron chi connectivity index (χ2n) is 2.39. The van der Waals surface area contributed by atoms with Crippen LogP contribution in [0.1, 0.15) is 6.92 Å². The van der Waals surface area contributed by atoms with Gasteiger partial charge in [-0.1, -0.05) is 0 Å². The number of nitrogens with zero attached hydrogens (tertiary/aromatic N) is 2. The molecule has 0 saturated heterocycles. The van der Waals surface area contributed by atoms with E-state index in [0.29, 0.717) is 15.9 Å². The van der Waals surface area contributed by atoms with E-state index in [9.17, 15) is 0 Å². The van der Waals surface area contributed by atoms with Gasteiger partial charge in [0.05, 0.1) is 11.9 Å². The molecule has 0 aliphatic rings. The minimum Gasteiger partial charge on any atom is -0.364 e. The summed E-state index contributed by atoms with van der Waals surface area (Å²) in [6.07, 6.45) is 1.52. The summed E-state index contributed by atoms with van der Waals surface area (Å²) in [4.78, 5) is 0. The first-order chi connectivity index (χ1) is 7.10. The third-order valence-electron chi connectivity index (χ3n) is 1.21. The molecule has 0 fully saturated rings. The summed E-state index contributed by atoms with van der Waals surface area (Å²) in [5.41, 5.74) is 5.89. The van der Waals surface area contributed by atoms with Crippen molar-refractivity contribution >= 4 is 46.6 Å². The predicted molar refractivity (Wildman–Crippen MR) is 71.2 cm³/mol. The molecule has 0 heterocycles. The Bertz CT molecular complexity index is 291. The van der Waals surface area contributed by atoms with Crippen LogP contribution in [0.25, 0.3) is 0 Å². The molecule has 0 saturated carbocycles. The van der Waals surface area contributed by atoms with Gasteiger partial charge in [-0.2, -0.15) is 10.2 Å². The first kappa shape index (κ1) is 17.6. The molecule has 0 spiro atoms. The molecule has 16 heavy (non-hydrogen) atoms. The number of hydrogen-bond acceptors (Lipinski definition) is 4. The topological polar surface area (TPSA) is 72.8 Å². The largest absolute Gasteiger partial charge is 0.364 e. The summed E-state index contributed by atoms with van der Waals surface area (Å²) in [6, 6.07) is 0. The summed E-state index contributed by atoms with van der Waals surface area (Å²) in [7, 11) is 3.42. The molecule has 0 aromatic carbocycles. The number of hydrazone groups is 2. The summed E-state index contributed by atoms with van der Waals surface area (Å²) in [6.45, 7) is 1.78. The maximum absolute atomic E-state index is 4.83. The molecule has 0 aromatic rings. The van der Waals surface area contributed by atoms with Gasteiger partial charge in [-0.15, -0.1) is 0 Å². The van der Waals surface area contributed by atoms with Gasteiger partial charge in [0, 0.05) is 31.2 Å². The van der Waals surface area contributed by atoms with Crippen molar-refractivity contribution in [2.75, 3.05) is 14.1 Å². The number of thiocarbonyl (C=S) groups is 2. The standard InChI is InChI=1S/C7H14N6S2.Cu/c1-5(11-13-7(15)9-3)4-10-12-6(14)8-2;/h4H,1-3H3,(H2,8,12,14)(H2,9,13,15);/b10-4+,11-5+;. The Kier molecular flexibility index (Phi) is 11.8. The van der Waals surface area contributed by atoms with Gasteiger partial charge in [0.2, 0.25) is 0 Å². The minimum atomic E-state index is 0. The molecule has 0 unspecified atom stereocenters. The number of rotatable bonds is 3. The molecule has 0 atom stereocenters.